The van der Waals surface area contributed by atoms with Gasteiger partial charge in [0.15, 0.2) is 11.0 Å². The maximum Gasteiger partial charge on any atom is 0.257 e. The Labute approximate surface area is 225 Å². The lowest BCUT2D eigenvalue weighted by atomic mass is 10.1. The molecule has 2 atom stereocenters. The number of aryl methyl sites for hydroxylation is 2. The van der Waals surface area contributed by atoms with Crippen LogP contribution in [0.1, 0.15) is 47.3 Å². The van der Waals surface area contributed by atoms with Gasteiger partial charge in [0.1, 0.15) is 35.7 Å². The highest BCUT2D eigenvalue weighted by molar-refractivity contribution is 7.93. The lowest BCUT2D eigenvalue weighted by molar-refractivity contribution is -0.114. The first-order chi connectivity index (χ1) is 18.4. The molecule has 2 aliphatic rings. The van der Waals surface area contributed by atoms with Crippen LogP contribution in [-0.4, -0.2) is 29.9 Å². The van der Waals surface area contributed by atoms with Crippen LogP contribution >= 0.6 is 0 Å². The lowest BCUT2D eigenvalue weighted by Crippen LogP contribution is -2.16. The number of nitrogens with one attached hydrogen (secondary N) is 1. The highest BCUT2D eigenvalue weighted by Gasteiger charge is 2.28. The quantitative estimate of drug-likeness (QED) is 0.336. The van der Waals surface area contributed by atoms with Crippen LogP contribution in [0.15, 0.2) is 60.7 Å². The molecule has 0 bridgehead atoms. The van der Waals surface area contributed by atoms with E-state index < -0.39 is 11.0 Å². The molecule has 0 fully saturated rings. The fourth-order valence-corrected chi connectivity index (χ4v) is 5.75. The van der Waals surface area contributed by atoms with Crippen molar-refractivity contribution in [3.05, 3.63) is 88.5 Å². The van der Waals surface area contributed by atoms with E-state index in [4.69, 9.17) is 18.9 Å². The topological polar surface area (TPSA) is 83.1 Å². The van der Waals surface area contributed by atoms with Crippen LogP contribution in [0.2, 0.25) is 0 Å². The molecule has 7 nitrogen and oxygen atoms in total. The van der Waals surface area contributed by atoms with Crippen molar-refractivity contribution in [1.29, 1.82) is 0 Å². The van der Waals surface area contributed by atoms with Crippen molar-refractivity contribution in [2.24, 2.45) is 0 Å². The van der Waals surface area contributed by atoms with Crippen molar-refractivity contribution in [3.63, 3.8) is 0 Å². The van der Waals surface area contributed by atoms with Crippen molar-refractivity contribution in [3.8, 4) is 23.0 Å². The average Bonchev–Trinajstić information content (AvgIpc) is 3.47. The van der Waals surface area contributed by atoms with Crippen molar-refractivity contribution < 1.29 is 28.0 Å². The smallest absolute Gasteiger partial charge is 0.257 e. The number of hydrogen-bond acceptors (Lipinski definition) is 6. The van der Waals surface area contributed by atoms with Crippen LogP contribution in [0.3, 0.4) is 0 Å². The molecule has 0 radical (unpaired) electrons. The summed E-state index contributed by atoms with van der Waals surface area (Å²) < 4.78 is 38.4. The number of carbonyl (C=O) groups excluding carboxylic acids is 1. The van der Waals surface area contributed by atoms with Gasteiger partial charge >= 0.3 is 0 Å². The Morgan fingerprint density at radius 1 is 1.00 bits per heavy atom. The normalized spacial score (nSPS) is 18.1. The number of hydrogen-bond donors (Lipinski definition) is 1. The van der Waals surface area contributed by atoms with Gasteiger partial charge in [0.2, 0.25) is 0 Å². The van der Waals surface area contributed by atoms with Gasteiger partial charge in [-0.05, 0) is 86.2 Å². The van der Waals surface area contributed by atoms with Crippen molar-refractivity contribution in [1.82, 2.24) is 4.72 Å². The minimum atomic E-state index is -1.51. The molecule has 198 valence electrons. The van der Waals surface area contributed by atoms with Crippen molar-refractivity contribution in [2.45, 2.75) is 39.7 Å². The second kappa shape index (κ2) is 11.4. The highest BCUT2D eigenvalue weighted by atomic mass is 32.2. The minimum absolute atomic E-state index is 0.0919. The molecule has 0 aromatic heterocycles. The summed E-state index contributed by atoms with van der Waals surface area (Å²) in [6.45, 7) is 7.77. The Balaban J connectivity index is 1.29. The molecule has 1 unspecified atom stereocenters. The SMILES string of the molecule is CCOCCOc1cc(C)c(Oc2cccc3c2CC[C@H]3Oc2ccc(C3=CC(=O)NS3=O)cc2)c(C)c1. The third-order valence-corrected chi connectivity index (χ3v) is 7.73. The summed E-state index contributed by atoms with van der Waals surface area (Å²) in [5.74, 6) is 2.86. The molecule has 38 heavy (non-hydrogen) atoms. The Hall–Kier alpha value is -3.62. The molecule has 0 spiro atoms. The molecule has 0 saturated carbocycles. The average molecular weight is 534 g/mol. The molecule has 1 heterocycles. The van der Waals surface area contributed by atoms with Gasteiger partial charge in [-0.25, -0.2) is 4.21 Å². The maximum atomic E-state index is 12.0. The second-order valence-corrected chi connectivity index (χ2v) is 10.5. The zero-order chi connectivity index (χ0) is 26.6. The second-order valence-electron chi connectivity index (χ2n) is 9.27. The molecule has 3 aromatic carbocycles. The number of carbonyl (C=O) groups is 1. The number of ether oxygens (including phenoxy) is 4. The Kier molecular flexibility index (Phi) is 7.81. The van der Waals surface area contributed by atoms with E-state index in [0.717, 1.165) is 57.9 Å². The monoisotopic (exact) mass is 533 g/mol. The molecular formula is C30H31NO6S. The third-order valence-electron chi connectivity index (χ3n) is 6.59. The molecule has 3 aromatic rings. The van der Waals surface area contributed by atoms with Crippen LogP contribution in [0.5, 0.6) is 23.0 Å². The first kappa shape index (κ1) is 26.0. The molecule has 0 saturated heterocycles. The summed E-state index contributed by atoms with van der Waals surface area (Å²) in [6, 6.07) is 17.4. The largest absolute Gasteiger partial charge is 0.491 e. The summed E-state index contributed by atoms with van der Waals surface area (Å²) in [6.07, 6.45) is 2.97. The van der Waals surface area contributed by atoms with Gasteiger partial charge in [-0.3, -0.25) is 9.52 Å². The molecule has 1 N–H and O–H groups in total. The predicted molar refractivity (Wildman–Crippen MR) is 147 cm³/mol. The van der Waals surface area contributed by atoms with Crippen molar-refractivity contribution >= 4 is 21.8 Å². The summed E-state index contributed by atoms with van der Waals surface area (Å²) in [7, 11) is -1.51. The standard InChI is InChI=1S/C30H31NO6S/c1-4-34-14-15-35-23-16-19(2)30(20(3)17-23)37-26-7-5-6-24-25(26)12-13-27(24)36-22-10-8-21(9-11-22)28-18-29(32)31-38(28)33/h5-11,16-18,27H,4,12-15H2,1-3H3,(H,31,32)/t27-,38?/m1/s1. The van der Waals surface area contributed by atoms with E-state index in [1.54, 1.807) is 0 Å². The van der Waals surface area contributed by atoms with Gasteiger partial charge in [-0.15, -0.1) is 0 Å². The van der Waals surface area contributed by atoms with Crippen molar-refractivity contribution in [2.75, 3.05) is 19.8 Å². The molecule has 8 heteroatoms. The third kappa shape index (κ3) is 5.61. The van der Waals surface area contributed by atoms with Gasteiger partial charge in [0.25, 0.3) is 5.91 Å². The molecular weight excluding hydrogens is 502 g/mol. The zero-order valence-electron chi connectivity index (χ0n) is 21.7. The number of rotatable bonds is 10. The summed E-state index contributed by atoms with van der Waals surface area (Å²) in [4.78, 5) is 12.0. The molecule has 1 aliphatic carbocycles. The van der Waals surface area contributed by atoms with Gasteiger partial charge in [0.05, 0.1) is 11.5 Å². The highest BCUT2D eigenvalue weighted by Crippen LogP contribution is 2.42. The van der Waals surface area contributed by atoms with E-state index >= 15 is 0 Å². The van der Waals surface area contributed by atoms with Gasteiger partial charge in [-0.1, -0.05) is 24.3 Å². The van der Waals surface area contributed by atoms with E-state index in [1.807, 2.05) is 69.3 Å². The summed E-state index contributed by atoms with van der Waals surface area (Å²) in [5.41, 5.74) is 5.02. The number of amides is 1. The fraction of sp³-hybridized carbons (Fsp3) is 0.300. The summed E-state index contributed by atoms with van der Waals surface area (Å²) >= 11 is 0. The minimum Gasteiger partial charge on any atom is -0.491 e. The first-order valence-electron chi connectivity index (χ1n) is 12.8. The van der Waals surface area contributed by atoms with Crippen LogP contribution in [0, 0.1) is 13.8 Å². The van der Waals surface area contributed by atoms with Crippen LogP contribution < -0.4 is 18.9 Å². The first-order valence-corrected chi connectivity index (χ1v) is 13.9. The fourth-order valence-electron chi connectivity index (χ4n) is 4.83. The van der Waals surface area contributed by atoms with E-state index in [0.29, 0.717) is 30.5 Å². The van der Waals surface area contributed by atoms with Gasteiger partial charge < -0.3 is 18.9 Å². The molecule has 1 amide bonds. The zero-order valence-corrected chi connectivity index (χ0v) is 22.6. The predicted octanol–water partition coefficient (Wildman–Crippen LogP) is 5.71. The number of benzene rings is 3. The molecule has 5 rings (SSSR count). The lowest BCUT2D eigenvalue weighted by Gasteiger charge is -2.18. The van der Waals surface area contributed by atoms with E-state index in [9.17, 15) is 9.00 Å². The Morgan fingerprint density at radius 2 is 1.76 bits per heavy atom. The number of fused-ring (bicyclic) bond motifs is 1. The van der Waals surface area contributed by atoms with Crippen LogP contribution in [0.25, 0.3) is 4.91 Å². The Bertz CT molecular complexity index is 1380. The van der Waals surface area contributed by atoms with Crippen LogP contribution in [0.4, 0.5) is 0 Å². The van der Waals surface area contributed by atoms with E-state index in [2.05, 4.69) is 10.8 Å². The van der Waals surface area contributed by atoms with Gasteiger partial charge in [-0.2, -0.15) is 0 Å². The van der Waals surface area contributed by atoms with Crippen LogP contribution in [-0.2, 0) is 26.9 Å². The van der Waals surface area contributed by atoms with E-state index in [-0.39, 0.29) is 12.0 Å². The molecule has 1 aliphatic heterocycles. The summed E-state index contributed by atoms with van der Waals surface area (Å²) in [5, 5.41) is 0. The van der Waals surface area contributed by atoms with E-state index in [1.165, 1.54) is 6.08 Å². The maximum absolute atomic E-state index is 12.0. The Morgan fingerprint density at radius 3 is 2.45 bits per heavy atom. The van der Waals surface area contributed by atoms with Gasteiger partial charge in [0, 0.05) is 18.2 Å².